The molecule has 0 heterocycles. The number of hydrogen-bond acceptors (Lipinski definition) is 7. The predicted molar refractivity (Wildman–Crippen MR) is 206 cm³/mol. The summed E-state index contributed by atoms with van der Waals surface area (Å²) >= 11 is 0. The second-order valence-electron chi connectivity index (χ2n) is 14.6. The Morgan fingerprint density at radius 1 is 0.333 bits per heavy atom. The van der Waals surface area contributed by atoms with E-state index in [0.717, 1.165) is 64.2 Å². The molecule has 0 aliphatic heterocycles. The summed E-state index contributed by atoms with van der Waals surface area (Å²) in [6.07, 6.45) is 40.3. The smallest absolute Gasteiger partial charge is 0.778 e. The van der Waals surface area contributed by atoms with Gasteiger partial charge >= 0.3 is 59.1 Å². The number of phosphoric ester groups is 1. The first-order valence-electron chi connectivity index (χ1n) is 21.4. The maximum atomic E-state index is 12.2. The molecule has 51 heavy (non-hydrogen) atoms. The van der Waals surface area contributed by atoms with Gasteiger partial charge in [-0.05, 0) is 25.7 Å². The second kappa shape index (κ2) is 45.0. The van der Waals surface area contributed by atoms with Crippen molar-refractivity contribution in [1.29, 1.82) is 0 Å². The van der Waals surface area contributed by atoms with Gasteiger partial charge in [0.05, 0.1) is 19.8 Å². The normalized spacial score (nSPS) is 13.7. The van der Waals surface area contributed by atoms with Crippen LogP contribution in [0.5, 0.6) is 0 Å². The van der Waals surface area contributed by atoms with Crippen LogP contribution in [0.2, 0.25) is 0 Å². The van der Waals surface area contributed by atoms with Gasteiger partial charge in [-0.1, -0.05) is 206 Å². The van der Waals surface area contributed by atoms with Gasteiger partial charge in [-0.3, -0.25) is 4.57 Å². The molecular weight excluding hydrogens is 700 g/mol. The molecule has 0 aromatic carbocycles. The Bertz CT molecular complexity index is 704. The van der Waals surface area contributed by atoms with Crippen molar-refractivity contribution in [2.45, 2.75) is 232 Å². The van der Waals surface area contributed by atoms with E-state index in [2.05, 4.69) is 13.8 Å². The Morgan fingerprint density at radius 2 is 0.549 bits per heavy atom. The Morgan fingerprint density at radius 3 is 0.824 bits per heavy atom. The minimum absolute atomic E-state index is 0. The molecule has 0 saturated heterocycles. The molecule has 0 bridgehead atoms. The van der Waals surface area contributed by atoms with Gasteiger partial charge in [0.25, 0.3) is 7.82 Å². The molecule has 0 fully saturated rings. The standard InChI is InChI=1S/C40H84O7P2.2Na/c1-3-5-7-9-11-13-15-17-19-21-23-25-29-33-37-45-48(41,42)40-36-32-28-27-31-35-39-47-49(43,44)46-38-34-30-26-24-22-20-18-16-14-12-10-8-6-4-2;;/h3-40H2,1-2H3,(H,41,42)(H,43,44);;/q;2*+1/p-2. The molecule has 0 rings (SSSR count). The van der Waals surface area contributed by atoms with E-state index in [-0.39, 0.29) is 78.5 Å². The van der Waals surface area contributed by atoms with Crippen molar-refractivity contribution in [1.82, 2.24) is 0 Å². The number of phosphoric acid groups is 1. The first kappa shape index (κ1) is 57.6. The quantitative estimate of drug-likeness (QED) is 0.0362. The topological polar surface area (TPSA) is 108 Å². The Labute approximate surface area is 362 Å². The maximum Gasteiger partial charge on any atom is 1.00 e. The predicted octanol–water partition coefficient (Wildman–Crippen LogP) is 7.37. The SMILES string of the molecule is CCCCCCCCCCCCCCCCOP(=O)([O-])CCCCCCCCOP(=O)([O-])OCCCCCCCCCCCCCCCC.[Na+].[Na+]. The number of hydrogen-bond donors (Lipinski definition) is 0. The van der Waals surface area contributed by atoms with E-state index in [1.165, 1.54) is 141 Å². The molecule has 0 saturated carbocycles. The first-order valence-corrected chi connectivity index (χ1v) is 24.6. The van der Waals surface area contributed by atoms with E-state index in [9.17, 15) is 18.9 Å². The van der Waals surface area contributed by atoms with Crippen LogP contribution in [0.1, 0.15) is 232 Å². The number of rotatable bonds is 42. The molecule has 296 valence electrons. The van der Waals surface area contributed by atoms with Crippen LogP contribution in [0.3, 0.4) is 0 Å². The van der Waals surface area contributed by atoms with Crippen molar-refractivity contribution in [2.24, 2.45) is 0 Å². The molecule has 0 aromatic rings. The fourth-order valence-electron chi connectivity index (χ4n) is 6.37. The Kier molecular flexibility index (Phi) is 50.8. The van der Waals surface area contributed by atoms with Crippen molar-refractivity contribution >= 4 is 15.4 Å². The van der Waals surface area contributed by atoms with E-state index >= 15 is 0 Å². The molecule has 0 amide bonds. The number of unbranched alkanes of at least 4 members (excludes halogenated alkanes) is 31. The van der Waals surface area contributed by atoms with Crippen LogP contribution >= 0.6 is 15.4 Å². The monoisotopic (exact) mass is 783 g/mol. The Balaban J connectivity index is -0.0000115. The summed E-state index contributed by atoms with van der Waals surface area (Å²) in [6.45, 7) is 5.17. The molecule has 0 aliphatic rings. The van der Waals surface area contributed by atoms with Gasteiger partial charge < -0.3 is 27.9 Å². The average molecular weight is 783 g/mol. The third-order valence-electron chi connectivity index (χ3n) is 9.61. The van der Waals surface area contributed by atoms with Crippen molar-refractivity contribution in [3.8, 4) is 0 Å². The average Bonchev–Trinajstić information content (AvgIpc) is 3.07. The van der Waals surface area contributed by atoms with Gasteiger partial charge in [0.2, 0.25) is 0 Å². The maximum absolute atomic E-state index is 12.2. The molecule has 2 unspecified atom stereocenters. The minimum Gasteiger partial charge on any atom is -0.778 e. The second-order valence-corrected chi connectivity index (χ2v) is 17.9. The van der Waals surface area contributed by atoms with Gasteiger partial charge in [0.1, 0.15) is 7.60 Å². The van der Waals surface area contributed by atoms with E-state index in [0.29, 0.717) is 19.4 Å². The zero-order chi connectivity index (χ0) is 36.0. The molecule has 0 aromatic heterocycles. The van der Waals surface area contributed by atoms with Gasteiger partial charge in [-0.15, -0.1) is 0 Å². The summed E-state index contributed by atoms with van der Waals surface area (Å²) in [6, 6.07) is 0. The summed E-state index contributed by atoms with van der Waals surface area (Å²) in [4.78, 5) is 24.1. The molecule has 0 spiro atoms. The van der Waals surface area contributed by atoms with Gasteiger partial charge in [-0.25, -0.2) is 0 Å². The molecule has 0 radical (unpaired) electrons. The van der Waals surface area contributed by atoms with Crippen LogP contribution in [0.4, 0.5) is 0 Å². The summed E-state index contributed by atoms with van der Waals surface area (Å²) in [5.74, 6) is 0. The van der Waals surface area contributed by atoms with E-state index in [1.807, 2.05) is 0 Å². The van der Waals surface area contributed by atoms with Gasteiger partial charge in [0, 0.05) is 6.16 Å². The van der Waals surface area contributed by atoms with Crippen LogP contribution in [-0.2, 0) is 22.7 Å². The van der Waals surface area contributed by atoms with Crippen LogP contribution in [0, 0.1) is 0 Å². The summed E-state index contributed by atoms with van der Waals surface area (Å²) < 4.78 is 39.4. The van der Waals surface area contributed by atoms with Crippen LogP contribution < -0.4 is 68.9 Å². The zero-order valence-electron chi connectivity index (χ0n) is 34.6. The fourth-order valence-corrected chi connectivity index (χ4v) is 8.29. The van der Waals surface area contributed by atoms with Crippen LogP contribution in [0.25, 0.3) is 0 Å². The molecule has 11 heteroatoms. The van der Waals surface area contributed by atoms with Crippen LogP contribution in [-0.4, -0.2) is 26.0 Å². The molecule has 2 atom stereocenters. The molecule has 7 nitrogen and oxygen atoms in total. The van der Waals surface area contributed by atoms with E-state index in [4.69, 9.17) is 13.6 Å². The van der Waals surface area contributed by atoms with Crippen molar-refractivity contribution < 1.29 is 91.6 Å². The van der Waals surface area contributed by atoms with Crippen molar-refractivity contribution in [3.05, 3.63) is 0 Å². The van der Waals surface area contributed by atoms with E-state index < -0.39 is 15.4 Å². The summed E-state index contributed by atoms with van der Waals surface area (Å²) in [7, 11) is -7.96. The zero-order valence-corrected chi connectivity index (χ0v) is 40.4. The fraction of sp³-hybridized carbons (Fsp3) is 1.00. The van der Waals surface area contributed by atoms with Crippen molar-refractivity contribution in [3.63, 3.8) is 0 Å². The van der Waals surface area contributed by atoms with Crippen molar-refractivity contribution in [2.75, 3.05) is 26.0 Å². The molecule has 0 N–H and O–H groups in total. The van der Waals surface area contributed by atoms with E-state index in [1.54, 1.807) is 0 Å². The largest absolute Gasteiger partial charge is 1.00 e. The molecule has 0 aliphatic carbocycles. The van der Waals surface area contributed by atoms with Crippen LogP contribution in [0.15, 0.2) is 0 Å². The summed E-state index contributed by atoms with van der Waals surface area (Å²) in [5.41, 5.74) is 0. The van der Waals surface area contributed by atoms with Gasteiger partial charge in [-0.2, -0.15) is 0 Å². The summed E-state index contributed by atoms with van der Waals surface area (Å²) in [5, 5.41) is 0. The minimum atomic E-state index is -4.22. The third-order valence-corrected chi connectivity index (χ3v) is 12.0. The third kappa shape index (κ3) is 48.3. The molecular formula is C40H82Na2O7P2. The first-order chi connectivity index (χ1) is 23.8. The van der Waals surface area contributed by atoms with Gasteiger partial charge in [0.15, 0.2) is 0 Å². The Hall–Kier alpha value is 2.26.